The Morgan fingerprint density at radius 3 is 2.75 bits per heavy atom. The van der Waals surface area contributed by atoms with Crippen LogP contribution in [-0.2, 0) is 4.79 Å². The van der Waals surface area contributed by atoms with E-state index in [1.54, 1.807) is 0 Å². The Kier molecular flexibility index (Phi) is 3.24. The highest BCUT2D eigenvalue weighted by molar-refractivity contribution is 6.08. The molecule has 1 aromatic carbocycles. The summed E-state index contributed by atoms with van der Waals surface area (Å²) in [5, 5.41) is 7.15. The van der Waals surface area contributed by atoms with Gasteiger partial charge in [0.15, 0.2) is 0 Å². The summed E-state index contributed by atoms with van der Waals surface area (Å²) in [6.07, 6.45) is 0. The molecule has 20 heavy (non-hydrogen) atoms. The molecule has 1 aliphatic rings. The lowest BCUT2D eigenvalue weighted by molar-refractivity contribution is -0.112. The summed E-state index contributed by atoms with van der Waals surface area (Å²) in [6.45, 7) is 5.44. The van der Waals surface area contributed by atoms with Gasteiger partial charge in [-0.05, 0) is 31.6 Å². The first-order chi connectivity index (χ1) is 9.65. The van der Waals surface area contributed by atoms with Crippen LogP contribution in [-0.4, -0.2) is 24.0 Å². The molecule has 4 heteroatoms. The van der Waals surface area contributed by atoms with E-state index in [0.717, 1.165) is 40.9 Å². The first-order valence-electron chi connectivity index (χ1n) is 6.72. The largest absolute Gasteiger partial charge is 0.320 e. The normalized spacial score (nSPS) is 14.0. The molecule has 2 aromatic rings. The van der Waals surface area contributed by atoms with E-state index >= 15 is 0 Å². The Hall–Kier alpha value is -2.20. The van der Waals surface area contributed by atoms with Crippen molar-refractivity contribution in [2.24, 2.45) is 0 Å². The molecule has 0 unspecified atom stereocenters. The topological polar surface area (TPSA) is 54.0 Å². The third-order valence-electron chi connectivity index (χ3n) is 3.66. The van der Waals surface area contributed by atoms with Gasteiger partial charge in [0.05, 0.1) is 11.2 Å². The lowest BCUT2D eigenvalue weighted by atomic mass is 10.0. The fourth-order valence-corrected chi connectivity index (χ4v) is 2.24. The smallest absolute Gasteiger partial charge is 0.251 e. The van der Waals surface area contributed by atoms with Gasteiger partial charge in [-0.3, -0.25) is 9.78 Å². The molecule has 1 amide bonds. The molecule has 0 atom stereocenters. The highest BCUT2D eigenvalue weighted by atomic mass is 16.1. The minimum atomic E-state index is -0.0442. The molecule has 0 radical (unpaired) electrons. The van der Waals surface area contributed by atoms with Crippen molar-refractivity contribution in [2.45, 2.75) is 13.8 Å². The zero-order chi connectivity index (χ0) is 14.1. The molecule has 2 heterocycles. The predicted molar refractivity (Wildman–Crippen MR) is 80.7 cm³/mol. The zero-order valence-corrected chi connectivity index (χ0v) is 11.7. The summed E-state index contributed by atoms with van der Waals surface area (Å²) in [7, 11) is 0. The molecule has 4 nitrogen and oxygen atoms in total. The number of hydrogen-bond donors (Lipinski definition) is 2. The van der Waals surface area contributed by atoms with Crippen molar-refractivity contribution in [3.8, 4) is 0 Å². The number of rotatable bonds is 2. The van der Waals surface area contributed by atoms with Gasteiger partial charge >= 0.3 is 0 Å². The monoisotopic (exact) mass is 267 g/mol. The fourth-order valence-electron chi connectivity index (χ4n) is 2.24. The van der Waals surface area contributed by atoms with Crippen LogP contribution >= 0.6 is 0 Å². The van der Waals surface area contributed by atoms with Gasteiger partial charge in [-0.25, -0.2) is 0 Å². The van der Waals surface area contributed by atoms with Gasteiger partial charge in [-0.2, -0.15) is 0 Å². The molecule has 1 fully saturated rings. The molecule has 2 N–H and O–H groups in total. The molecule has 0 spiro atoms. The summed E-state index contributed by atoms with van der Waals surface area (Å²) in [6, 6.07) is 9.82. The molecular formula is C16H17N3O. The zero-order valence-electron chi connectivity index (χ0n) is 11.7. The number of pyridine rings is 1. The average molecular weight is 267 g/mol. The van der Waals surface area contributed by atoms with E-state index in [-0.39, 0.29) is 5.91 Å². The molecule has 0 aliphatic carbocycles. The summed E-state index contributed by atoms with van der Waals surface area (Å²) < 4.78 is 0. The minimum absolute atomic E-state index is 0.0442. The van der Waals surface area contributed by atoms with Crippen LogP contribution in [0.1, 0.15) is 12.6 Å². The number of nitrogens with zero attached hydrogens (tertiary/aromatic N) is 1. The maximum atomic E-state index is 12.3. The Balaban J connectivity index is 1.94. The number of aromatic nitrogens is 1. The van der Waals surface area contributed by atoms with Crippen molar-refractivity contribution in [3.05, 3.63) is 47.2 Å². The van der Waals surface area contributed by atoms with Crippen LogP contribution in [0.3, 0.4) is 0 Å². The van der Waals surface area contributed by atoms with E-state index in [2.05, 4.69) is 15.6 Å². The van der Waals surface area contributed by atoms with Gasteiger partial charge in [0.25, 0.3) is 5.91 Å². The SMILES string of the molecule is CC(C(=O)Nc1cccc2ccc(C)nc12)=C1CNC1. The van der Waals surface area contributed by atoms with Crippen molar-refractivity contribution in [1.29, 1.82) is 0 Å². The number of benzene rings is 1. The van der Waals surface area contributed by atoms with Crippen molar-refractivity contribution < 1.29 is 4.79 Å². The molecular weight excluding hydrogens is 250 g/mol. The molecule has 1 aliphatic heterocycles. The minimum Gasteiger partial charge on any atom is -0.320 e. The summed E-state index contributed by atoms with van der Waals surface area (Å²) in [5.41, 5.74) is 4.52. The molecule has 1 aromatic heterocycles. The maximum absolute atomic E-state index is 12.3. The maximum Gasteiger partial charge on any atom is 0.251 e. The first-order valence-corrected chi connectivity index (χ1v) is 6.72. The van der Waals surface area contributed by atoms with Gasteiger partial charge in [-0.15, -0.1) is 0 Å². The molecule has 102 valence electrons. The lowest BCUT2D eigenvalue weighted by Gasteiger charge is -2.21. The van der Waals surface area contributed by atoms with Crippen LogP contribution in [0.5, 0.6) is 0 Å². The molecule has 1 saturated heterocycles. The number of aryl methyl sites for hydroxylation is 1. The second-order valence-corrected chi connectivity index (χ2v) is 5.12. The number of fused-ring (bicyclic) bond motifs is 1. The molecule has 0 bridgehead atoms. The van der Waals surface area contributed by atoms with E-state index in [0.29, 0.717) is 0 Å². The highest BCUT2D eigenvalue weighted by Gasteiger charge is 2.16. The van der Waals surface area contributed by atoms with Gasteiger partial charge in [0.1, 0.15) is 0 Å². The second kappa shape index (κ2) is 5.06. The highest BCUT2D eigenvalue weighted by Crippen LogP contribution is 2.22. The van der Waals surface area contributed by atoms with E-state index in [1.807, 2.05) is 44.2 Å². The first kappa shape index (κ1) is 12.8. The van der Waals surface area contributed by atoms with Crippen molar-refractivity contribution in [3.63, 3.8) is 0 Å². The number of para-hydroxylation sites is 1. The van der Waals surface area contributed by atoms with Gasteiger partial charge in [-0.1, -0.05) is 18.2 Å². The number of carbonyl (C=O) groups excluding carboxylic acids is 1. The third-order valence-corrected chi connectivity index (χ3v) is 3.66. The quantitative estimate of drug-likeness (QED) is 0.822. The van der Waals surface area contributed by atoms with Crippen LogP contribution < -0.4 is 10.6 Å². The Morgan fingerprint density at radius 1 is 1.25 bits per heavy atom. The number of carbonyl (C=O) groups is 1. The average Bonchev–Trinajstić information content (AvgIpc) is 2.37. The Labute approximate surface area is 117 Å². The number of nitrogens with one attached hydrogen (secondary N) is 2. The summed E-state index contributed by atoms with van der Waals surface area (Å²) in [4.78, 5) is 16.8. The second-order valence-electron chi connectivity index (χ2n) is 5.12. The number of amides is 1. The van der Waals surface area contributed by atoms with E-state index in [1.165, 1.54) is 5.57 Å². The van der Waals surface area contributed by atoms with E-state index in [4.69, 9.17) is 0 Å². The molecule has 0 saturated carbocycles. The third kappa shape index (κ3) is 2.30. The van der Waals surface area contributed by atoms with Crippen molar-refractivity contribution in [2.75, 3.05) is 18.4 Å². The van der Waals surface area contributed by atoms with Crippen molar-refractivity contribution >= 4 is 22.5 Å². The number of hydrogen-bond acceptors (Lipinski definition) is 3. The predicted octanol–water partition coefficient (Wildman–Crippen LogP) is 2.40. The van der Waals surface area contributed by atoms with Crippen LogP contribution in [0.15, 0.2) is 41.5 Å². The Bertz CT molecular complexity index is 713. The van der Waals surface area contributed by atoms with Crippen molar-refractivity contribution in [1.82, 2.24) is 10.3 Å². The molecule has 3 rings (SSSR count). The number of anilines is 1. The Morgan fingerprint density at radius 2 is 2.05 bits per heavy atom. The lowest BCUT2D eigenvalue weighted by Crippen LogP contribution is -2.36. The van der Waals surface area contributed by atoms with E-state index < -0.39 is 0 Å². The van der Waals surface area contributed by atoms with Gasteiger partial charge in [0.2, 0.25) is 0 Å². The summed E-state index contributed by atoms with van der Waals surface area (Å²) >= 11 is 0. The fraction of sp³-hybridized carbons (Fsp3) is 0.250. The van der Waals surface area contributed by atoms with Crippen LogP contribution in [0.2, 0.25) is 0 Å². The standard InChI is InChI=1S/C16H17N3O/c1-10-6-7-12-4-3-5-14(15(12)18-10)19-16(20)11(2)13-8-17-9-13/h3-7,17H,8-9H2,1-2H3,(H,19,20). The van der Waals surface area contributed by atoms with Gasteiger partial charge in [0, 0.05) is 29.7 Å². The van der Waals surface area contributed by atoms with Gasteiger partial charge < -0.3 is 10.6 Å². The van der Waals surface area contributed by atoms with E-state index in [9.17, 15) is 4.79 Å². The van der Waals surface area contributed by atoms with Crippen LogP contribution in [0, 0.1) is 6.92 Å². The van der Waals surface area contributed by atoms with Crippen LogP contribution in [0.25, 0.3) is 10.9 Å². The summed E-state index contributed by atoms with van der Waals surface area (Å²) in [5.74, 6) is -0.0442. The van der Waals surface area contributed by atoms with Crippen LogP contribution in [0.4, 0.5) is 5.69 Å².